The van der Waals surface area contributed by atoms with Gasteiger partial charge >= 0.3 is 6.09 Å². The average Bonchev–Trinajstić information content (AvgIpc) is 2.37. The quantitative estimate of drug-likeness (QED) is 0.686. The lowest BCUT2D eigenvalue weighted by atomic mass is 10.1. The third kappa shape index (κ3) is 3.85. The summed E-state index contributed by atoms with van der Waals surface area (Å²) in [6, 6.07) is 6.69. The highest BCUT2D eigenvalue weighted by atomic mass is 79.9. The number of benzene rings is 1. The Morgan fingerprint density at radius 2 is 1.94 bits per heavy atom. The Bertz CT molecular complexity index is 403. The fourth-order valence-corrected chi connectivity index (χ4v) is 1.52. The zero-order valence-corrected chi connectivity index (χ0v) is 11.3. The highest BCUT2D eigenvalue weighted by Gasteiger charge is 2.14. The summed E-state index contributed by atoms with van der Waals surface area (Å²) in [5.41, 5.74) is 1.21. The van der Waals surface area contributed by atoms with Crippen molar-refractivity contribution < 1.29 is 14.3 Å². The number of hydrogen-bond acceptors (Lipinski definition) is 3. The van der Waals surface area contributed by atoms with E-state index in [9.17, 15) is 9.59 Å². The van der Waals surface area contributed by atoms with Gasteiger partial charge in [-0.2, -0.15) is 0 Å². The van der Waals surface area contributed by atoms with Crippen LogP contribution in [0.25, 0.3) is 0 Å². The van der Waals surface area contributed by atoms with E-state index >= 15 is 0 Å². The molecule has 4 nitrogen and oxygen atoms in total. The van der Waals surface area contributed by atoms with E-state index in [-0.39, 0.29) is 10.6 Å². The minimum atomic E-state index is -0.531. The fraction of sp³-hybridized carbons (Fsp3) is 0.333. The van der Waals surface area contributed by atoms with Crippen LogP contribution in [-0.4, -0.2) is 23.8 Å². The molecule has 0 heterocycles. The van der Waals surface area contributed by atoms with Gasteiger partial charge in [0.15, 0.2) is 5.78 Å². The number of amides is 1. The van der Waals surface area contributed by atoms with Crippen LogP contribution in [0.3, 0.4) is 0 Å². The van der Waals surface area contributed by atoms with Gasteiger partial charge in [-0.25, -0.2) is 4.79 Å². The normalized spacial score (nSPS) is 11.7. The molecular weight excluding hydrogens is 286 g/mol. The van der Waals surface area contributed by atoms with Crippen LogP contribution in [0.15, 0.2) is 24.3 Å². The van der Waals surface area contributed by atoms with E-state index < -0.39 is 6.09 Å². The lowest BCUT2D eigenvalue weighted by Gasteiger charge is -2.07. The van der Waals surface area contributed by atoms with Gasteiger partial charge in [0.1, 0.15) is 0 Å². The van der Waals surface area contributed by atoms with Crippen LogP contribution in [-0.2, 0) is 4.74 Å². The van der Waals surface area contributed by atoms with E-state index in [1.807, 2.05) is 6.92 Å². The lowest BCUT2D eigenvalue weighted by molar-refractivity contribution is 0.0990. The van der Waals surface area contributed by atoms with E-state index in [1.165, 1.54) is 7.11 Å². The highest BCUT2D eigenvalue weighted by molar-refractivity contribution is 9.10. The van der Waals surface area contributed by atoms with Crippen molar-refractivity contribution in [2.45, 2.75) is 18.2 Å². The molecule has 0 bridgehead atoms. The van der Waals surface area contributed by atoms with E-state index in [4.69, 9.17) is 0 Å². The Kier molecular flexibility index (Phi) is 5.15. The molecule has 5 heteroatoms. The summed E-state index contributed by atoms with van der Waals surface area (Å²) in [5.74, 6) is 0.0390. The number of carbonyl (C=O) groups is 2. The van der Waals surface area contributed by atoms with Gasteiger partial charge in [-0.15, -0.1) is 0 Å². The molecular formula is C12H14BrNO3. The molecule has 0 fully saturated rings. The molecule has 1 rings (SSSR count). The molecule has 1 amide bonds. The van der Waals surface area contributed by atoms with Crippen molar-refractivity contribution in [3.63, 3.8) is 0 Å². The predicted molar refractivity (Wildman–Crippen MR) is 69.8 cm³/mol. The third-order valence-corrected chi connectivity index (χ3v) is 3.31. The number of hydrogen-bond donors (Lipinski definition) is 1. The summed E-state index contributed by atoms with van der Waals surface area (Å²) in [6.07, 6.45) is 0.206. The maximum absolute atomic E-state index is 11.8. The number of rotatable bonds is 4. The van der Waals surface area contributed by atoms with E-state index in [2.05, 4.69) is 26.0 Å². The Balaban J connectivity index is 2.74. The molecule has 1 atom stereocenters. The molecule has 92 valence electrons. The smallest absolute Gasteiger partial charge is 0.411 e. The van der Waals surface area contributed by atoms with E-state index in [0.717, 1.165) is 6.42 Å². The van der Waals surface area contributed by atoms with Crippen LogP contribution >= 0.6 is 15.9 Å². The van der Waals surface area contributed by atoms with Gasteiger partial charge in [0, 0.05) is 11.3 Å². The molecule has 1 aromatic rings. The van der Waals surface area contributed by atoms with Crippen LogP contribution in [0, 0.1) is 0 Å². The number of nitrogens with one attached hydrogen (secondary N) is 1. The van der Waals surface area contributed by atoms with Crippen molar-refractivity contribution in [1.29, 1.82) is 0 Å². The molecule has 0 saturated heterocycles. The number of alkyl halides is 1. The molecule has 0 unspecified atom stereocenters. The molecule has 0 aliphatic carbocycles. The zero-order valence-electron chi connectivity index (χ0n) is 9.70. The van der Waals surface area contributed by atoms with Gasteiger partial charge in [0.2, 0.25) is 0 Å². The van der Waals surface area contributed by atoms with Crippen molar-refractivity contribution in [3.8, 4) is 0 Å². The van der Waals surface area contributed by atoms with Crippen LogP contribution in [0.1, 0.15) is 23.7 Å². The van der Waals surface area contributed by atoms with Crippen LogP contribution in [0.5, 0.6) is 0 Å². The average molecular weight is 300 g/mol. The number of ether oxygens (including phenoxy) is 1. The lowest BCUT2D eigenvalue weighted by Crippen LogP contribution is -2.14. The largest absolute Gasteiger partial charge is 0.453 e. The number of carbonyl (C=O) groups excluding carboxylic acids is 2. The first-order chi connectivity index (χ1) is 8.08. The van der Waals surface area contributed by atoms with Gasteiger partial charge in [0.05, 0.1) is 11.9 Å². The molecule has 0 aliphatic heterocycles. The standard InChI is InChI=1S/C12H14BrNO3/c1-3-10(13)11(15)8-4-6-9(7-5-8)14-12(16)17-2/h4-7,10H,3H2,1-2H3,(H,14,16)/t10-/m0/s1. The summed E-state index contributed by atoms with van der Waals surface area (Å²) in [6.45, 7) is 1.94. The summed E-state index contributed by atoms with van der Waals surface area (Å²) in [4.78, 5) is 22.6. The SMILES string of the molecule is CC[C@H](Br)C(=O)c1ccc(NC(=O)OC)cc1. The topological polar surface area (TPSA) is 55.4 Å². The molecule has 0 radical (unpaired) electrons. The maximum Gasteiger partial charge on any atom is 0.411 e. The molecule has 0 aromatic heterocycles. The Hall–Kier alpha value is -1.36. The van der Waals surface area contributed by atoms with Gasteiger partial charge in [-0.3, -0.25) is 10.1 Å². The monoisotopic (exact) mass is 299 g/mol. The first-order valence-corrected chi connectivity index (χ1v) is 6.13. The highest BCUT2D eigenvalue weighted by Crippen LogP contribution is 2.16. The van der Waals surface area contributed by atoms with Gasteiger partial charge in [0.25, 0.3) is 0 Å². The minimum absolute atomic E-state index is 0.0390. The maximum atomic E-state index is 11.8. The molecule has 17 heavy (non-hydrogen) atoms. The van der Waals surface area contributed by atoms with Gasteiger partial charge in [-0.1, -0.05) is 22.9 Å². The molecule has 1 aromatic carbocycles. The molecule has 0 aliphatic rings. The minimum Gasteiger partial charge on any atom is -0.453 e. The number of Topliss-reactive ketones (excluding diaryl/α,β-unsaturated/α-hetero) is 1. The van der Waals surface area contributed by atoms with E-state index in [1.54, 1.807) is 24.3 Å². The van der Waals surface area contributed by atoms with Crippen molar-refractivity contribution >= 4 is 33.5 Å². The van der Waals surface area contributed by atoms with E-state index in [0.29, 0.717) is 11.3 Å². The van der Waals surface area contributed by atoms with Crippen molar-refractivity contribution in [2.75, 3.05) is 12.4 Å². The van der Waals surface area contributed by atoms with Gasteiger partial charge < -0.3 is 4.74 Å². The molecule has 1 N–H and O–H groups in total. The van der Waals surface area contributed by atoms with Crippen molar-refractivity contribution in [3.05, 3.63) is 29.8 Å². The van der Waals surface area contributed by atoms with Crippen LogP contribution in [0.2, 0.25) is 0 Å². The second-order valence-corrected chi connectivity index (χ2v) is 4.54. The van der Waals surface area contributed by atoms with Gasteiger partial charge in [-0.05, 0) is 30.7 Å². The van der Waals surface area contributed by atoms with Crippen LogP contribution < -0.4 is 5.32 Å². The first kappa shape index (κ1) is 13.7. The zero-order chi connectivity index (χ0) is 12.8. The van der Waals surface area contributed by atoms with Crippen molar-refractivity contribution in [2.24, 2.45) is 0 Å². The number of methoxy groups -OCH3 is 1. The Labute approximate surface area is 108 Å². The predicted octanol–water partition coefficient (Wildman–Crippen LogP) is 3.22. The number of halogens is 1. The van der Waals surface area contributed by atoms with Crippen molar-refractivity contribution in [1.82, 2.24) is 0 Å². The summed E-state index contributed by atoms with van der Waals surface area (Å²) in [5, 5.41) is 2.52. The van der Waals surface area contributed by atoms with Crippen LogP contribution in [0.4, 0.5) is 10.5 Å². The summed E-state index contributed by atoms with van der Waals surface area (Å²) < 4.78 is 4.46. The Morgan fingerprint density at radius 1 is 1.35 bits per heavy atom. The molecule has 0 saturated carbocycles. The first-order valence-electron chi connectivity index (χ1n) is 5.21. The summed E-state index contributed by atoms with van der Waals surface area (Å²) >= 11 is 3.31. The fourth-order valence-electron chi connectivity index (χ4n) is 1.25. The third-order valence-electron chi connectivity index (χ3n) is 2.24. The second-order valence-electron chi connectivity index (χ2n) is 3.43. The second kappa shape index (κ2) is 6.39. The number of ketones is 1. The summed E-state index contributed by atoms with van der Waals surface area (Å²) in [7, 11) is 1.30. The Morgan fingerprint density at radius 3 is 2.41 bits per heavy atom. The molecule has 0 spiro atoms. The number of anilines is 1.